The van der Waals surface area contributed by atoms with E-state index in [0.29, 0.717) is 6.54 Å². The van der Waals surface area contributed by atoms with Crippen molar-refractivity contribution in [2.45, 2.75) is 33.0 Å². The van der Waals surface area contributed by atoms with E-state index in [4.69, 9.17) is 10.5 Å². The number of hydrogen-bond acceptors (Lipinski definition) is 5. The highest BCUT2D eigenvalue weighted by molar-refractivity contribution is 5.87. The molecule has 1 aliphatic rings. The Hall–Kier alpha value is -1.38. The Morgan fingerprint density at radius 1 is 1.07 bits per heavy atom. The molecule has 2 amide bonds. The molecule has 1 atom stereocenters. The maximum atomic E-state index is 11.9. The minimum absolute atomic E-state index is 0. The molecule has 1 aromatic carbocycles. The quantitative estimate of drug-likeness (QED) is 0.568. The molecule has 1 aliphatic heterocycles. The number of carbonyl (C=O) groups excluding carboxylic acids is 2. The van der Waals surface area contributed by atoms with Crippen molar-refractivity contribution in [2.75, 3.05) is 32.8 Å². The van der Waals surface area contributed by atoms with Gasteiger partial charge in [0.15, 0.2) is 0 Å². The van der Waals surface area contributed by atoms with E-state index in [1.54, 1.807) is 0 Å². The summed E-state index contributed by atoms with van der Waals surface area (Å²) in [5, 5.41) is 5.36. The number of halogens is 2. The summed E-state index contributed by atoms with van der Waals surface area (Å²) in [6.07, 6.45) is 0. The van der Waals surface area contributed by atoms with Crippen molar-refractivity contribution in [1.82, 2.24) is 15.5 Å². The molecule has 9 heteroatoms. The number of nitrogens with two attached hydrogens (primary N) is 1. The van der Waals surface area contributed by atoms with Crippen LogP contribution in [0.3, 0.4) is 0 Å². The SMILES string of the molecule is CC(C)[C@H](N)C(=O)NCC(=O)NCc1ccc(CN2CCOCC2)cc1.Cl.Cl. The molecule has 0 radical (unpaired) electrons. The summed E-state index contributed by atoms with van der Waals surface area (Å²) < 4.78 is 5.36. The average molecular weight is 435 g/mol. The van der Waals surface area contributed by atoms with Crippen LogP contribution in [0.15, 0.2) is 24.3 Å². The molecule has 1 fully saturated rings. The molecule has 4 N–H and O–H groups in total. The van der Waals surface area contributed by atoms with Gasteiger partial charge < -0.3 is 21.1 Å². The van der Waals surface area contributed by atoms with Crippen molar-refractivity contribution in [2.24, 2.45) is 11.7 Å². The van der Waals surface area contributed by atoms with Crippen LogP contribution in [0.5, 0.6) is 0 Å². The molecule has 0 spiro atoms. The number of hydrogen-bond donors (Lipinski definition) is 3. The summed E-state index contributed by atoms with van der Waals surface area (Å²) in [6, 6.07) is 7.61. The number of rotatable bonds is 8. The Kier molecular flexibility index (Phi) is 13.1. The maximum Gasteiger partial charge on any atom is 0.239 e. The molecule has 7 nitrogen and oxygen atoms in total. The molecule has 1 aromatic rings. The molecule has 160 valence electrons. The second-order valence-corrected chi connectivity index (χ2v) is 6.97. The zero-order valence-electron chi connectivity index (χ0n) is 16.5. The third kappa shape index (κ3) is 9.21. The van der Waals surface area contributed by atoms with Gasteiger partial charge >= 0.3 is 0 Å². The first-order chi connectivity index (χ1) is 12.5. The summed E-state index contributed by atoms with van der Waals surface area (Å²) >= 11 is 0. The van der Waals surface area contributed by atoms with Gasteiger partial charge in [-0.2, -0.15) is 0 Å². The molecular formula is C19H32Cl2N4O3. The van der Waals surface area contributed by atoms with Crippen LogP contribution in [0, 0.1) is 5.92 Å². The molecule has 1 heterocycles. The third-order valence-electron chi connectivity index (χ3n) is 4.47. The maximum absolute atomic E-state index is 11.9. The van der Waals surface area contributed by atoms with E-state index in [-0.39, 0.29) is 49.1 Å². The van der Waals surface area contributed by atoms with E-state index < -0.39 is 6.04 Å². The van der Waals surface area contributed by atoms with E-state index in [0.717, 1.165) is 38.4 Å². The van der Waals surface area contributed by atoms with Crippen LogP contribution in [0.2, 0.25) is 0 Å². The molecule has 28 heavy (non-hydrogen) atoms. The van der Waals surface area contributed by atoms with E-state index in [1.165, 1.54) is 5.56 Å². The van der Waals surface area contributed by atoms with Gasteiger partial charge in [0.05, 0.1) is 25.8 Å². The van der Waals surface area contributed by atoms with Crippen LogP contribution in [0.4, 0.5) is 0 Å². The highest BCUT2D eigenvalue weighted by Gasteiger charge is 2.17. The van der Waals surface area contributed by atoms with Gasteiger partial charge in [-0.15, -0.1) is 24.8 Å². The van der Waals surface area contributed by atoms with E-state index in [9.17, 15) is 9.59 Å². The van der Waals surface area contributed by atoms with Gasteiger partial charge in [-0.05, 0) is 17.0 Å². The van der Waals surface area contributed by atoms with Gasteiger partial charge in [0.1, 0.15) is 0 Å². The lowest BCUT2D eigenvalue weighted by atomic mass is 10.1. The topological polar surface area (TPSA) is 96.7 Å². The van der Waals surface area contributed by atoms with Gasteiger partial charge in [-0.1, -0.05) is 38.1 Å². The van der Waals surface area contributed by atoms with Crippen LogP contribution in [0.1, 0.15) is 25.0 Å². The van der Waals surface area contributed by atoms with Gasteiger partial charge in [-0.25, -0.2) is 0 Å². The van der Waals surface area contributed by atoms with E-state index in [1.807, 2.05) is 26.0 Å². The first-order valence-electron chi connectivity index (χ1n) is 9.13. The molecule has 0 unspecified atom stereocenters. The number of ether oxygens (including phenoxy) is 1. The first-order valence-corrected chi connectivity index (χ1v) is 9.13. The Morgan fingerprint density at radius 2 is 1.64 bits per heavy atom. The second-order valence-electron chi connectivity index (χ2n) is 6.97. The van der Waals surface area contributed by atoms with Crippen molar-refractivity contribution < 1.29 is 14.3 Å². The lowest BCUT2D eigenvalue weighted by molar-refractivity contribution is -0.127. The minimum atomic E-state index is -0.596. The fourth-order valence-electron chi connectivity index (χ4n) is 2.63. The molecule has 1 saturated heterocycles. The zero-order valence-corrected chi connectivity index (χ0v) is 18.1. The number of benzene rings is 1. The van der Waals surface area contributed by atoms with Crippen LogP contribution >= 0.6 is 24.8 Å². The third-order valence-corrected chi connectivity index (χ3v) is 4.47. The molecule has 0 saturated carbocycles. The van der Waals surface area contributed by atoms with Gasteiger partial charge in [0.25, 0.3) is 0 Å². The van der Waals surface area contributed by atoms with E-state index >= 15 is 0 Å². The average Bonchev–Trinajstić information content (AvgIpc) is 2.65. The van der Waals surface area contributed by atoms with Gasteiger partial charge in [-0.3, -0.25) is 14.5 Å². The predicted octanol–water partition coefficient (Wildman–Crippen LogP) is 1.08. The van der Waals surface area contributed by atoms with Gasteiger partial charge in [0.2, 0.25) is 11.8 Å². The lowest BCUT2D eigenvalue weighted by Gasteiger charge is -2.26. The summed E-state index contributed by atoms with van der Waals surface area (Å²) in [4.78, 5) is 26.0. The van der Waals surface area contributed by atoms with Crippen molar-refractivity contribution in [3.63, 3.8) is 0 Å². The first kappa shape index (κ1) is 26.6. The molecule has 0 aromatic heterocycles. The Labute approximate surface area is 179 Å². The Bertz CT molecular complexity index is 593. The molecule has 0 aliphatic carbocycles. The number of morpholine rings is 1. The minimum Gasteiger partial charge on any atom is -0.379 e. The van der Waals surface area contributed by atoms with Crippen LogP contribution < -0.4 is 16.4 Å². The highest BCUT2D eigenvalue weighted by atomic mass is 35.5. The van der Waals surface area contributed by atoms with Crippen molar-refractivity contribution in [3.05, 3.63) is 35.4 Å². The number of carbonyl (C=O) groups is 2. The number of nitrogens with one attached hydrogen (secondary N) is 2. The summed E-state index contributed by atoms with van der Waals surface area (Å²) in [5.41, 5.74) is 8.01. The number of amides is 2. The van der Waals surface area contributed by atoms with Gasteiger partial charge in [0, 0.05) is 26.2 Å². The molecule has 0 bridgehead atoms. The zero-order chi connectivity index (χ0) is 18.9. The van der Waals surface area contributed by atoms with Crippen molar-refractivity contribution in [3.8, 4) is 0 Å². The molecular weight excluding hydrogens is 403 g/mol. The Balaban J connectivity index is 0.00000364. The second kappa shape index (κ2) is 13.7. The normalized spacial score (nSPS) is 15.1. The van der Waals surface area contributed by atoms with Crippen LogP contribution in [-0.2, 0) is 27.4 Å². The molecule has 2 rings (SSSR count). The van der Waals surface area contributed by atoms with Crippen molar-refractivity contribution >= 4 is 36.6 Å². The predicted molar refractivity (Wildman–Crippen MR) is 115 cm³/mol. The van der Waals surface area contributed by atoms with E-state index in [2.05, 4.69) is 27.7 Å². The lowest BCUT2D eigenvalue weighted by Crippen LogP contribution is -2.47. The number of nitrogens with zero attached hydrogens (tertiary/aromatic N) is 1. The van der Waals surface area contributed by atoms with Crippen LogP contribution in [-0.4, -0.2) is 55.6 Å². The smallest absolute Gasteiger partial charge is 0.239 e. The fourth-order valence-corrected chi connectivity index (χ4v) is 2.63. The monoisotopic (exact) mass is 434 g/mol. The summed E-state index contributed by atoms with van der Waals surface area (Å²) in [6.45, 7) is 8.54. The fraction of sp³-hybridized carbons (Fsp3) is 0.579. The van der Waals surface area contributed by atoms with Crippen LogP contribution in [0.25, 0.3) is 0 Å². The largest absolute Gasteiger partial charge is 0.379 e. The summed E-state index contributed by atoms with van der Waals surface area (Å²) in [5.74, 6) is -0.497. The Morgan fingerprint density at radius 3 is 2.21 bits per heavy atom. The summed E-state index contributed by atoms with van der Waals surface area (Å²) in [7, 11) is 0. The standard InChI is InChI=1S/C19H30N4O3.2ClH/c1-14(2)18(20)19(25)22-12-17(24)21-11-15-3-5-16(6-4-15)13-23-7-9-26-10-8-23;;/h3-6,14,18H,7-13,20H2,1-2H3,(H,21,24)(H,22,25);2*1H/t18-;;/m0../s1. The van der Waals surface area contributed by atoms with Crippen molar-refractivity contribution in [1.29, 1.82) is 0 Å². The highest BCUT2D eigenvalue weighted by Crippen LogP contribution is 2.09.